The van der Waals surface area contributed by atoms with Crippen molar-refractivity contribution in [2.24, 2.45) is 0 Å². The zero-order chi connectivity index (χ0) is 11.1. The molecular weight excluding hydrogens is 192 g/mol. The lowest BCUT2D eigenvalue weighted by Gasteiger charge is -2.04. The predicted molar refractivity (Wildman–Crippen MR) is 57.1 cm³/mol. The molecule has 0 aliphatic rings. The van der Waals surface area contributed by atoms with Gasteiger partial charge < -0.3 is 9.47 Å². The van der Waals surface area contributed by atoms with Crippen molar-refractivity contribution in [2.45, 2.75) is 0 Å². The van der Waals surface area contributed by atoms with Gasteiger partial charge in [0.05, 0.1) is 12.7 Å². The Balaban J connectivity index is 3.08. The normalized spacial score (nSPS) is 8.93. The average Bonchev–Trinajstić information content (AvgIpc) is 2.29. The van der Waals surface area contributed by atoms with E-state index < -0.39 is 0 Å². The molecule has 3 heteroatoms. The molecule has 15 heavy (non-hydrogen) atoms. The highest BCUT2D eigenvalue weighted by atomic mass is 16.5. The fourth-order valence-electron chi connectivity index (χ4n) is 1.16. The maximum atomic E-state index is 10.9. The average molecular weight is 204 g/mol. The second-order valence-electron chi connectivity index (χ2n) is 2.77. The minimum Gasteiger partial charge on any atom is -0.496 e. The maximum Gasteiger partial charge on any atom is 0.155 e. The van der Waals surface area contributed by atoms with E-state index in [0.29, 0.717) is 23.5 Å². The van der Waals surface area contributed by atoms with Crippen molar-refractivity contribution < 1.29 is 14.3 Å². The number of methoxy groups -OCH3 is 2. The summed E-state index contributed by atoms with van der Waals surface area (Å²) in [4.78, 5) is 10.9. The highest BCUT2D eigenvalue weighted by Gasteiger charge is 2.05. The molecule has 1 rings (SSSR count). The summed E-state index contributed by atoms with van der Waals surface area (Å²) >= 11 is 0. The van der Waals surface area contributed by atoms with Crippen molar-refractivity contribution in [1.29, 1.82) is 0 Å². The first-order chi connectivity index (χ1) is 7.33. The largest absolute Gasteiger partial charge is 0.496 e. The van der Waals surface area contributed by atoms with Gasteiger partial charge in [0, 0.05) is 12.7 Å². The number of hydrogen-bond donors (Lipinski definition) is 0. The fourth-order valence-corrected chi connectivity index (χ4v) is 1.16. The molecule has 0 amide bonds. The molecule has 1 aromatic carbocycles. The minimum atomic E-state index is 0.343. The summed E-state index contributed by atoms with van der Waals surface area (Å²) < 4.78 is 9.85. The van der Waals surface area contributed by atoms with E-state index in [1.54, 1.807) is 25.3 Å². The van der Waals surface area contributed by atoms with Crippen molar-refractivity contribution >= 4 is 6.29 Å². The number of rotatable bonds is 3. The standard InChI is InChI=1S/C12H12O3/c1-14-8-4-6-10-5-3-7-12(15-2)11(10)9-13/h3,5,7,9H,8H2,1-2H3. The van der Waals surface area contributed by atoms with E-state index in [1.165, 1.54) is 7.11 Å². The Morgan fingerprint density at radius 2 is 2.20 bits per heavy atom. The topological polar surface area (TPSA) is 35.5 Å². The van der Waals surface area contributed by atoms with Crippen LogP contribution in [0.4, 0.5) is 0 Å². The lowest BCUT2D eigenvalue weighted by atomic mass is 10.1. The minimum absolute atomic E-state index is 0.343. The van der Waals surface area contributed by atoms with E-state index in [2.05, 4.69) is 11.8 Å². The Labute approximate surface area is 89.0 Å². The first-order valence-electron chi connectivity index (χ1n) is 4.43. The molecule has 0 aliphatic carbocycles. The first kappa shape index (κ1) is 11.3. The van der Waals surface area contributed by atoms with Gasteiger partial charge in [0.15, 0.2) is 6.29 Å². The van der Waals surface area contributed by atoms with Crippen LogP contribution in [0.15, 0.2) is 18.2 Å². The van der Waals surface area contributed by atoms with Crippen LogP contribution in [0.2, 0.25) is 0 Å². The lowest BCUT2D eigenvalue weighted by molar-refractivity contribution is 0.112. The van der Waals surface area contributed by atoms with Gasteiger partial charge >= 0.3 is 0 Å². The summed E-state index contributed by atoms with van der Waals surface area (Å²) in [5, 5.41) is 0. The van der Waals surface area contributed by atoms with E-state index in [0.717, 1.165) is 6.29 Å². The molecule has 0 fully saturated rings. The van der Waals surface area contributed by atoms with Gasteiger partial charge in [-0.2, -0.15) is 0 Å². The number of aldehydes is 1. The Kier molecular flexibility index (Phi) is 4.39. The van der Waals surface area contributed by atoms with E-state index in [9.17, 15) is 4.79 Å². The monoisotopic (exact) mass is 204 g/mol. The van der Waals surface area contributed by atoms with Gasteiger partial charge in [-0.15, -0.1) is 0 Å². The van der Waals surface area contributed by atoms with E-state index in [-0.39, 0.29) is 0 Å². The summed E-state index contributed by atoms with van der Waals surface area (Å²) in [5.74, 6) is 6.18. The van der Waals surface area contributed by atoms with Crippen LogP contribution in [0.3, 0.4) is 0 Å². The first-order valence-corrected chi connectivity index (χ1v) is 4.43. The zero-order valence-electron chi connectivity index (χ0n) is 8.74. The van der Waals surface area contributed by atoms with Crippen LogP contribution < -0.4 is 4.74 Å². The molecule has 0 unspecified atom stereocenters. The molecule has 0 atom stereocenters. The summed E-state index contributed by atoms with van der Waals surface area (Å²) in [7, 11) is 3.09. The summed E-state index contributed by atoms with van der Waals surface area (Å²) in [6, 6.07) is 5.29. The van der Waals surface area contributed by atoms with E-state index in [4.69, 9.17) is 9.47 Å². The van der Waals surface area contributed by atoms with Gasteiger partial charge in [-0.05, 0) is 12.1 Å². The SMILES string of the molecule is COCC#Cc1cccc(OC)c1C=O. The Morgan fingerprint density at radius 3 is 2.80 bits per heavy atom. The van der Waals surface area contributed by atoms with Crippen LogP contribution in [-0.2, 0) is 4.74 Å². The predicted octanol–water partition coefficient (Wildman–Crippen LogP) is 1.51. The third-order valence-electron chi connectivity index (χ3n) is 1.84. The van der Waals surface area contributed by atoms with E-state index >= 15 is 0 Å². The number of hydrogen-bond acceptors (Lipinski definition) is 3. The molecule has 0 N–H and O–H groups in total. The molecule has 0 saturated heterocycles. The van der Waals surface area contributed by atoms with Gasteiger partial charge in [-0.3, -0.25) is 4.79 Å². The summed E-state index contributed by atoms with van der Waals surface area (Å²) in [6.07, 6.45) is 0.746. The molecule has 0 bridgehead atoms. The molecule has 0 aliphatic heterocycles. The third-order valence-corrected chi connectivity index (χ3v) is 1.84. The van der Waals surface area contributed by atoms with Gasteiger partial charge in [-0.1, -0.05) is 17.9 Å². The van der Waals surface area contributed by atoms with Gasteiger partial charge in [0.1, 0.15) is 12.4 Å². The quantitative estimate of drug-likeness (QED) is 0.553. The van der Waals surface area contributed by atoms with Gasteiger partial charge in [0.25, 0.3) is 0 Å². The molecule has 1 aromatic rings. The van der Waals surface area contributed by atoms with Crippen molar-refractivity contribution in [3.63, 3.8) is 0 Å². The third kappa shape index (κ3) is 2.83. The fraction of sp³-hybridized carbons (Fsp3) is 0.250. The van der Waals surface area contributed by atoms with Crippen LogP contribution >= 0.6 is 0 Å². The molecular formula is C12H12O3. The van der Waals surface area contributed by atoms with E-state index in [1.807, 2.05) is 0 Å². The molecule has 0 saturated carbocycles. The Bertz CT molecular complexity index is 399. The molecule has 0 radical (unpaired) electrons. The zero-order valence-corrected chi connectivity index (χ0v) is 8.74. The molecule has 0 spiro atoms. The lowest BCUT2D eigenvalue weighted by Crippen LogP contribution is -1.94. The van der Waals surface area contributed by atoms with Crippen LogP contribution in [0.5, 0.6) is 5.75 Å². The Morgan fingerprint density at radius 1 is 1.40 bits per heavy atom. The van der Waals surface area contributed by atoms with Crippen LogP contribution in [0.25, 0.3) is 0 Å². The highest BCUT2D eigenvalue weighted by Crippen LogP contribution is 2.19. The van der Waals surface area contributed by atoms with Gasteiger partial charge in [0.2, 0.25) is 0 Å². The number of carbonyl (C=O) groups is 1. The number of ether oxygens (including phenoxy) is 2. The second-order valence-corrected chi connectivity index (χ2v) is 2.77. The van der Waals surface area contributed by atoms with Crippen LogP contribution in [-0.4, -0.2) is 27.1 Å². The highest BCUT2D eigenvalue weighted by molar-refractivity contribution is 5.83. The van der Waals surface area contributed by atoms with Crippen molar-refractivity contribution in [3.8, 4) is 17.6 Å². The molecule has 0 aromatic heterocycles. The number of carbonyl (C=O) groups excluding carboxylic acids is 1. The summed E-state index contributed by atoms with van der Waals surface area (Å²) in [6.45, 7) is 0.343. The smallest absolute Gasteiger partial charge is 0.155 e. The van der Waals surface area contributed by atoms with Gasteiger partial charge in [-0.25, -0.2) is 0 Å². The van der Waals surface area contributed by atoms with Crippen LogP contribution in [0, 0.1) is 11.8 Å². The second kappa shape index (κ2) is 5.84. The van der Waals surface area contributed by atoms with Crippen LogP contribution in [0.1, 0.15) is 15.9 Å². The van der Waals surface area contributed by atoms with Crippen molar-refractivity contribution in [2.75, 3.05) is 20.8 Å². The maximum absolute atomic E-state index is 10.9. The summed E-state index contributed by atoms with van der Waals surface area (Å²) in [5.41, 5.74) is 1.13. The van der Waals surface area contributed by atoms with Crippen molar-refractivity contribution in [3.05, 3.63) is 29.3 Å². The Hall–Kier alpha value is -1.79. The molecule has 3 nitrogen and oxygen atoms in total. The van der Waals surface area contributed by atoms with Crippen molar-refractivity contribution in [1.82, 2.24) is 0 Å². The molecule has 78 valence electrons. The number of benzene rings is 1. The molecule has 0 heterocycles.